The molecule has 0 aromatic heterocycles. The highest BCUT2D eigenvalue weighted by Gasteiger charge is 2.19. The van der Waals surface area contributed by atoms with Crippen LogP contribution in [0.2, 0.25) is 0 Å². The van der Waals surface area contributed by atoms with Gasteiger partial charge in [0, 0.05) is 19.1 Å². The van der Waals surface area contributed by atoms with Crippen molar-refractivity contribution in [2.24, 2.45) is 5.92 Å². The van der Waals surface area contributed by atoms with E-state index in [4.69, 9.17) is 0 Å². The van der Waals surface area contributed by atoms with Crippen molar-refractivity contribution in [3.63, 3.8) is 0 Å². The van der Waals surface area contributed by atoms with Crippen LogP contribution in [0.25, 0.3) is 0 Å². The standard InChI is InChI=1S/C14H28N2/c1-16(11-13-7-4-5-8-13)12-14-9-3-2-6-10-15-14/h13-15H,2-12H2,1H3. The Hall–Kier alpha value is -0.0800. The van der Waals surface area contributed by atoms with Gasteiger partial charge in [-0.1, -0.05) is 25.7 Å². The predicted molar refractivity (Wildman–Crippen MR) is 69.7 cm³/mol. The maximum Gasteiger partial charge on any atom is 0.0194 e. The van der Waals surface area contributed by atoms with E-state index in [9.17, 15) is 0 Å². The van der Waals surface area contributed by atoms with Gasteiger partial charge in [-0.2, -0.15) is 0 Å². The molecular weight excluding hydrogens is 196 g/mol. The van der Waals surface area contributed by atoms with Gasteiger partial charge in [0.05, 0.1) is 0 Å². The average Bonchev–Trinajstić information content (AvgIpc) is 2.62. The molecule has 1 unspecified atom stereocenters. The molecule has 16 heavy (non-hydrogen) atoms. The third-order valence-electron chi connectivity index (χ3n) is 4.24. The monoisotopic (exact) mass is 224 g/mol. The second-order valence-electron chi connectivity index (χ2n) is 5.87. The Labute approximate surface area is 101 Å². The van der Waals surface area contributed by atoms with Crippen molar-refractivity contribution >= 4 is 0 Å². The second-order valence-corrected chi connectivity index (χ2v) is 5.87. The number of hydrogen-bond acceptors (Lipinski definition) is 2. The van der Waals surface area contributed by atoms with Gasteiger partial charge in [-0.15, -0.1) is 0 Å². The van der Waals surface area contributed by atoms with Crippen LogP contribution in [-0.4, -0.2) is 37.6 Å². The third-order valence-corrected chi connectivity index (χ3v) is 4.24. The van der Waals surface area contributed by atoms with Crippen molar-refractivity contribution in [1.82, 2.24) is 10.2 Å². The summed E-state index contributed by atoms with van der Waals surface area (Å²) in [4.78, 5) is 2.57. The van der Waals surface area contributed by atoms with E-state index in [0.717, 1.165) is 12.0 Å². The van der Waals surface area contributed by atoms with Crippen molar-refractivity contribution in [3.05, 3.63) is 0 Å². The molecule has 0 spiro atoms. The third kappa shape index (κ3) is 4.06. The van der Waals surface area contributed by atoms with Crippen molar-refractivity contribution in [3.8, 4) is 0 Å². The van der Waals surface area contributed by atoms with Gasteiger partial charge in [-0.3, -0.25) is 0 Å². The van der Waals surface area contributed by atoms with Crippen LogP contribution in [0.15, 0.2) is 0 Å². The molecule has 0 aromatic rings. The Morgan fingerprint density at radius 1 is 0.938 bits per heavy atom. The van der Waals surface area contributed by atoms with Gasteiger partial charge in [-0.05, 0) is 45.2 Å². The first-order valence-electron chi connectivity index (χ1n) is 7.26. The van der Waals surface area contributed by atoms with E-state index in [2.05, 4.69) is 17.3 Å². The SMILES string of the molecule is CN(CC1CCCC1)CC1CCCCCN1. The van der Waals surface area contributed by atoms with E-state index < -0.39 is 0 Å². The highest BCUT2D eigenvalue weighted by molar-refractivity contribution is 4.76. The molecule has 2 aliphatic rings. The highest BCUT2D eigenvalue weighted by Crippen LogP contribution is 2.25. The fourth-order valence-electron chi connectivity index (χ4n) is 3.34. The Bertz CT molecular complexity index is 179. The van der Waals surface area contributed by atoms with Crippen LogP contribution >= 0.6 is 0 Å². The number of nitrogens with zero attached hydrogens (tertiary/aromatic N) is 1. The van der Waals surface area contributed by atoms with E-state index in [0.29, 0.717) is 0 Å². The summed E-state index contributed by atoms with van der Waals surface area (Å²) in [6, 6.07) is 0.758. The number of nitrogens with one attached hydrogen (secondary N) is 1. The molecule has 0 amide bonds. The van der Waals surface area contributed by atoms with Crippen molar-refractivity contribution < 1.29 is 0 Å². The molecule has 1 atom stereocenters. The zero-order valence-corrected chi connectivity index (χ0v) is 10.9. The van der Waals surface area contributed by atoms with E-state index in [1.807, 2.05) is 0 Å². The molecule has 1 N–H and O–H groups in total. The quantitative estimate of drug-likeness (QED) is 0.790. The number of likely N-dealkylation sites (N-methyl/N-ethyl adjacent to an activating group) is 1. The van der Waals surface area contributed by atoms with E-state index in [-0.39, 0.29) is 0 Å². The molecular formula is C14H28N2. The summed E-state index contributed by atoms with van der Waals surface area (Å²) >= 11 is 0. The minimum atomic E-state index is 0.758. The van der Waals surface area contributed by atoms with Gasteiger partial charge >= 0.3 is 0 Å². The van der Waals surface area contributed by atoms with E-state index in [1.54, 1.807) is 0 Å². The lowest BCUT2D eigenvalue weighted by Crippen LogP contribution is -2.40. The molecule has 0 aromatic carbocycles. The topological polar surface area (TPSA) is 15.3 Å². The fourth-order valence-corrected chi connectivity index (χ4v) is 3.34. The molecule has 0 bridgehead atoms. The molecule has 2 fully saturated rings. The Balaban J connectivity index is 1.66. The van der Waals surface area contributed by atoms with Gasteiger partial charge in [0.1, 0.15) is 0 Å². The predicted octanol–water partition coefficient (Wildman–Crippen LogP) is 2.64. The lowest BCUT2D eigenvalue weighted by atomic mass is 10.1. The molecule has 94 valence electrons. The molecule has 0 radical (unpaired) electrons. The first-order chi connectivity index (χ1) is 7.84. The first kappa shape index (κ1) is 12.4. The van der Waals surface area contributed by atoms with E-state index >= 15 is 0 Å². The lowest BCUT2D eigenvalue weighted by Gasteiger charge is -2.26. The summed E-state index contributed by atoms with van der Waals surface area (Å²) < 4.78 is 0. The average molecular weight is 224 g/mol. The molecule has 1 aliphatic carbocycles. The van der Waals surface area contributed by atoms with Crippen LogP contribution in [0.5, 0.6) is 0 Å². The van der Waals surface area contributed by atoms with Crippen molar-refractivity contribution in [1.29, 1.82) is 0 Å². The Morgan fingerprint density at radius 2 is 1.69 bits per heavy atom. The maximum absolute atomic E-state index is 3.70. The zero-order chi connectivity index (χ0) is 11.2. The van der Waals surface area contributed by atoms with E-state index in [1.165, 1.54) is 71.0 Å². The molecule has 1 saturated heterocycles. The second kappa shape index (κ2) is 6.61. The molecule has 2 rings (SSSR count). The minimum Gasteiger partial charge on any atom is -0.313 e. The van der Waals surface area contributed by atoms with Gasteiger partial charge in [0.25, 0.3) is 0 Å². The Morgan fingerprint density at radius 3 is 2.50 bits per heavy atom. The minimum absolute atomic E-state index is 0.758. The van der Waals surface area contributed by atoms with Crippen LogP contribution in [0.3, 0.4) is 0 Å². The normalized spacial score (nSPS) is 28.5. The maximum atomic E-state index is 3.70. The zero-order valence-electron chi connectivity index (χ0n) is 10.9. The Kier molecular flexibility index (Phi) is 5.11. The smallest absolute Gasteiger partial charge is 0.0194 e. The first-order valence-corrected chi connectivity index (χ1v) is 7.26. The van der Waals surface area contributed by atoms with Crippen LogP contribution in [0, 0.1) is 5.92 Å². The van der Waals surface area contributed by atoms with Gasteiger partial charge < -0.3 is 10.2 Å². The molecule has 1 heterocycles. The summed E-state index contributed by atoms with van der Waals surface area (Å²) in [5.41, 5.74) is 0. The van der Waals surface area contributed by atoms with Crippen molar-refractivity contribution in [2.45, 2.75) is 57.4 Å². The summed E-state index contributed by atoms with van der Waals surface area (Å²) in [6.45, 7) is 3.83. The number of rotatable bonds is 4. The summed E-state index contributed by atoms with van der Waals surface area (Å²) in [5, 5.41) is 3.70. The molecule has 1 saturated carbocycles. The summed E-state index contributed by atoms with van der Waals surface area (Å²) in [7, 11) is 2.31. The van der Waals surface area contributed by atoms with Gasteiger partial charge in [0.2, 0.25) is 0 Å². The lowest BCUT2D eigenvalue weighted by molar-refractivity contribution is 0.246. The van der Waals surface area contributed by atoms with Gasteiger partial charge in [0.15, 0.2) is 0 Å². The molecule has 2 nitrogen and oxygen atoms in total. The summed E-state index contributed by atoms with van der Waals surface area (Å²) in [6.07, 6.45) is 11.5. The highest BCUT2D eigenvalue weighted by atomic mass is 15.1. The van der Waals surface area contributed by atoms with Crippen molar-refractivity contribution in [2.75, 3.05) is 26.7 Å². The fraction of sp³-hybridized carbons (Fsp3) is 1.00. The molecule has 1 aliphatic heterocycles. The van der Waals surface area contributed by atoms with Crippen LogP contribution in [-0.2, 0) is 0 Å². The van der Waals surface area contributed by atoms with Crippen LogP contribution in [0.1, 0.15) is 51.4 Å². The largest absolute Gasteiger partial charge is 0.313 e. The van der Waals surface area contributed by atoms with Gasteiger partial charge in [-0.25, -0.2) is 0 Å². The number of hydrogen-bond donors (Lipinski definition) is 1. The van der Waals surface area contributed by atoms with Crippen LogP contribution in [0.4, 0.5) is 0 Å². The summed E-state index contributed by atoms with van der Waals surface area (Å²) in [5.74, 6) is 0.996. The molecule has 2 heteroatoms. The van der Waals surface area contributed by atoms with Crippen LogP contribution < -0.4 is 5.32 Å².